The van der Waals surface area contributed by atoms with Crippen LogP contribution in [-0.2, 0) is 35.7 Å². The molecule has 6 nitrogen and oxygen atoms in total. The number of hydrogen-bond donors (Lipinski definition) is 0. The van der Waals surface area contributed by atoms with Gasteiger partial charge < -0.3 is 4.74 Å². The first-order valence-corrected chi connectivity index (χ1v) is 17.8. The Morgan fingerprint density at radius 2 is 1.00 bits per heavy atom. The average Bonchev–Trinajstić information content (AvgIpc) is 3.51. The second-order valence-corrected chi connectivity index (χ2v) is 15.2. The minimum atomic E-state index is -0.517. The number of hydrogen-bond acceptors (Lipinski definition) is 5. The van der Waals surface area contributed by atoms with Gasteiger partial charge in [0.2, 0.25) is 5.91 Å². The summed E-state index contributed by atoms with van der Waals surface area (Å²) in [5, 5.41) is 0. The first-order valence-electron chi connectivity index (χ1n) is 17.8. The van der Waals surface area contributed by atoms with Crippen molar-refractivity contribution in [3.05, 3.63) is 144 Å². The second-order valence-electron chi connectivity index (χ2n) is 15.2. The fourth-order valence-corrected chi connectivity index (χ4v) is 7.87. The predicted octanol–water partition coefficient (Wildman–Crippen LogP) is 8.57. The number of nitrogens with zero attached hydrogens (tertiary/aromatic N) is 3. The highest BCUT2D eigenvalue weighted by atomic mass is 16.6. The van der Waals surface area contributed by atoms with Crippen molar-refractivity contribution in [2.45, 2.75) is 84.8 Å². The summed E-state index contributed by atoms with van der Waals surface area (Å²) in [7, 11) is 0. The molecule has 1 saturated heterocycles. The Bertz CT molecular complexity index is 1460. The molecule has 0 radical (unpaired) electrons. The van der Waals surface area contributed by atoms with E-state index in [2.05, 4.69) is 135 Å². The minimum absolute atomic E-state index is 0.107. The monoisotopic (exact) mass is 657 g/mol. The van der Waals surface area contributed by atoms with Crippen molar-refractivity contribution < 1.29 is 14.3 Å². The quantitative estimate of drug-likeness (QED) is 0.162. The summed E-state index contributed by atoms with van der Waals surface area (Å²) in [5.74, 6) is -0.195. The molecule has 2 aliphatic rings. The molecule has 0 aromatic heterocycles. The number of benzene rings is 4. The fraction of sp³-hybridized carbons (Fsp3) is 0.395. The van der Waals surface area contributed by atoms with Crippen molar-refractivity contribution in [3.8, 4) is 0 Å². The van der Waals surface area contributed by atoms with Crippen LogP contribution in [0.2, 0.25) is 0 Å². The van der Waals surface area contributed by atoms with Crippen molar-refractivity contribution in [1.29, 1.82) is 0 Å². The van der Waals surface area contributed by atoms with E-state index in [1.807, 2.05) is 24.3 Å². The normalized spacial score (nSPS) is 22.8. The summed E-state index contributed by atoms with van der Waals surface area (Å²) in [6.07, 6.45) is 1.21. The summed E-state index contributed by atoms with van der Waals surface area (Å²) in [4.78, 5) is 35.4. The van der Waals surface area contributed by atoms with E-state index < -0.39 is 12.0 Å². The number of amides is 2. The molecule has 6 rings (SSSR count). The van der Waals surface area contributed by atoms with Gasteiger partial charge in [-0.1, -0.05) is 149 Å². The zero-order valence-corrected chi connectivity index (χ0v) is 29.4. The van der Waals surface area contributed by atoms with Gasteiger partial charge in [-0.15, -0.1) is 0 Å². The van der Waals surface area contributed by atoms with Crippen LogP contribution in [0, 0.1) is 17.3 Å². The molecule has 4 aromatic rings. The van der Waals surface area contributed by atoms with Crippen LogP contribution in [0.15, 0.2) is 121 Å². The zero-order chi connectivity index (χ0) is 34.4. The minimum Gasteiger partial charge on any atom is -0.447 e. The average molecular weight is 658 g/mol. The third-order valence-corrected chi connectivity index (χ3v) is 10.4. The van der Waals surface area contributed by atoms with Gasteiger partial charge in [-0.25, -0.2) is 9.69 Å². The maximum atomic E-state index is 15.4. The molecule has 1 saturated carbocycles. The summed E-state index contributed by atoms with van der Waals surface area (Å²) in [6.45, 7) is 11.6. The SMILES string of the molecule is CC1C[C@@H](N(Cc2ccccc2)Cc2ccccc2)C(C(=O)N2C(=O)OC[C@@H]2C(C)(C)C)[C@@H](N(Cc2ccccc2)Cc2ccccc2)C1. The number of carbonyl (C=O) groups is 2. The van der Waals surface area contributed by atoms with Gasteiger partial charge in [0, 0.05) is 38.3 Å². The van der Waals surface area contributed by atoms with Gasteiger partial charge in [0.1, 0.15) is 6.61 Å². The molecule has 0 bridgehead atoms. The molecule has 2 amide bonds. The van der Waals surface area contributed by atoms with Crippen LogP contribution >= 0.6 is 0 Å². The van der Waals surface area contributed by atoms with E-state index in [1.54, 1.807) is 0 Å². The molecule has 1 aliphatic carbocycles. The summed E-state index contributed by atoms with van der Waals surface area (Å²) in [6, 6.07) is 41.7. The Morgan fingerprint density at radius 1 is 0.653 bits per heavy atom. The van der Waals surface area contributed by atoms with Gasteiger partial charge in [-0.2, -0.15) is 0 Å². The Morgan fingerprint density at radius 3 is 1.33 bits per heavy atom. The van der Waals surface area contributed by atoms with E-state index in [0.717, 1.165) is 12.8 Å². The lowest BCUT2D eigenvalue weighted by molar-refractivity contribution is -0.144. The second kappa shape index (κ2) is 15.5. The van der Waals surface area contributed by atoms with Gasteiger partial charge in [0.15, 0.2) is 0 Å². The Balaban J connectivity index is 1.47. The number of imide groups is 1. The lowest BCUT2D eigenvalue weighted by Crippen LogP contribution is -2.61. The Hall–Kier alpha value is -4.26. The van der Waals surface area contributed by atoms with E-state index in [0.29, 0.717) is 32.1 Å². The molecule has 6 heteroatoms. The van der Waals surface area contributed by atoms with E-state index in [-0.39, 0.29) is 36.1 Å². The van der Waals surface area contributed by atoms with Crippen LogP contribution in [0.25, 0.3) is 0 Å². The molecule has 49 heavy (non-hydrogen) atoms. The number of carbonyl (C=O) groups excluding carboxylic acids is 2. The molecule has 5 atom stereocenters. The van der Waals surface area contributed by atoms with Gasteiger partial charge in [-0.05, 0) is 46.4 Å². The first-order chi connectivity index (χ1) is 23.7. The number of ether oxygens (including phenoxy) is 1. The van der Waals surface area contributed by atoms with E-state index >= 15 is 4.79 Å². The van der Waals surface area contributed by atoms with Crippen molar-refractivity contribution in [2.24, 2.45) is 17.3 Å². The van der Waals surface area contributed by atoms with Gasteiger partial charge in [0.25, 0.3) is 0 Å². The first kappa shape index (κ1) is 34.6. The van der Waals surface area contributed by atoms with Crippen LogP contribution in [-0.4, -0.2) is 51.4 Å². The highest BCUT2D eigenvalue weighted by molar-refractivity contribution is 5.95. The van der Waals surface area contributed by atoms with Gasteiger partial charge in [0.05, 0.1) is 12.0 Å². The van der Waals surface area contributed by atoms with Crippen LogP contribution in [0.3, 0.4) is 0 Å². The van der Waals surface area contributed by atoms with Crippen LogP contribution < -0.4 is 0 Å². The molecule has 1 aliphatic heterocycles. The third kappa shape index (κ3) is 8.49. The lowest BCUT2D eigenvalue weighted by Gasteiger charge is -2.50. The van der Waals surface area contributed by atoms with Crippen molar-refractivity contribution in [1.82, 2.24) is 14.7 Å². The predicted molar refractivity (Wildman–Crippen MR) is 195 cm³/mol. The molecule has 256 valence electrons. The lowest BCUT2D eigenvalue weighted by atomic mass is 9.72. The van der Waals surface area contributed by atoms with Crippen molar-refractivity contribution in [3.63, 3.8) is 0 Å². The van der Waals surface area contributed by atoms with Gasteiger partial charge >= 0.3 is 6.09 Å². The van der Waals surface area contributed by atoms with Crippen LogP contribution in [0.4, 0.5) is 4.79 Å². The van der Waals surface area contributed by atoms with E-state index in [1.165, 1.54) is 27.2 Å². The Labute approximate surface area is 292 Å². The molecule has 2 unspecified atom stereocenters. The summed E-state index contributed by atoms with van der Waals surface area (Å²) >= 11 is 0. The van der Waals surface area contributed by atoms with E-state index in [4.69, 9.17) is 4.74 Å². The van der Waals surface area contributed by atoms with Gasteiger partial charge in [-0.3, -0.25) is 14.6 Å². The van der Waals surface area contributed by atoms with E-state index in [9.17, 15) is 4.79 Å². The molecule has 0 spiro atoms. The molecule has 0 N–H and O–H groups in total. The maximum absolute atomic E-state index is 15.4. The number of rotatable bonds is 11. The topological polar surface area (TPSA) is 53.1 Å². The largest absolute Gasteiger partial charge is 0.447 e. The molecular formula is C43H51N3O3. The highest BCUT2D eigenvalue weighted by Gasteiger charge is 2.52. The zero-order valence-electron chi connectivity index (χ0n) is 29.4. The smallest absolute Gasteiger partial charge is 0.417 e. The van der Waals surface area contributed by atoms with Crippen LogP contribution in [0.1, 0.15) is 62.8 Å². The van der Waals surface area contributed by atoms with Crippen molar-refractivity contribution in [2.75, 3.05) is 6.61 Å². The standard InChI is InChI=1S/C43H51N3O3/c1-32-25-37(44(27-33-17-9-5-10-18-33)28-34-19-11-6-12-20-34)40(41(47)46-39(43(2,3)4)31-49-42(46)48)38(26-32)45(29-35-21-13-7-14-22-35)30-36-23-15-8-16-24-36/h5-24,32,37-40H,25-31H2,1-4H3/t32?,37-,38+,39-,40?/m1/s1. The molecule has 2 fully saturated rings. The summed E-state index contributed by atoms with van der Waals surface area (Å²) < 4.78 is 5.65. The van der Waals surface area contributed by atoms with Crippen LogP contribution in [0.5, 0.6) is 0 Å². The van der Waals surface area contributed by atoms with Crippen molar-refractivity contribution >= 4 is 12.0 Å². The number of cyclic esters (lactones) is 1. The Kier molecular flexibility index (Phi) is 11.0. The third-order valence-electron chi connectivity index (χ3n) is 10.4. The molecule has 4 aromatic carbocycles. The molecular weight excluding hydrogens is 606 g/mol. The highest BCUT2D eigenvalue weighted by Crippen LogP contribution is 2.41. The maximum Gasteiger partial charge on any atom is 0.417 e. The molecule has 1 heterocycles. The fourth-order valence-electron chi connectivity index (χ4n) is 7.87. The summed E-state index contributed by atoms with van der Waals surface area (Å²) in [5.41, 5.74) is 4.50.